The van der Waals surface area contributed by atoms with Crippen LogP contribution in [0.1, 0.15) is 35.2 Å². The lowest BCUT2D eigenvalue weighted by Gasteiger charge is -2.38. The molecule has 0 radical (unpaired) electrons. The van der Waals surface area contributed by atoms with Crippen molar-refractivity contribution in [1.82, 2.24) is 10.2 Å². The van der Waals surface area contributed by atoms with Crippen LogP contribution in [0, 0.1) is 0 Å². The van der Waals surface area contributed by atoms with E-state index in [1.807, 2.05) is 24.3 Å². The van der Waals surface area contributed by atoms with E-state index in [1.165, 1.54) is 6.07 Å². The summed E-state index contributed by atoms with van der Waals surface area (Å²) in [6, 6.07) is 12.1. The predicted octanol–water partition coefficient (Wildman–Crippen LogP) is 3.15. The van der Waals surface area contributed by atoms with Crippen LogP contribution in [-0.4, -0.2) is 41.7 Å². The number of aliphatic hydroxyl groups is 1. The van der Waals surface area contributed by atoms with E-state index in [4.69, 9.17) is 0 Å². The smallest absolute Gasteiger partial charge is 0.392 e. The van der Waals surface area contributed by atoms with E-state index in [-0.39, 0.29) is 19.0 Å². The minimum Gasteiger partial charge on any atom is -0.392 e. The third-order valence-electron chi connectivity index (χ3n) is 4.85. The molecule has 0 bridgehead atoms. The fraction of sp³-hybridized carbons (Fsp3) is 0.381. The highest BCUT2D eigenvalue weighted by Crippen LogP contribution is 2.37. The SMILES string of the molecule is C[C@@H](O)CNCC(=O)N1CCc2ccccc2C1c1cccc(C(F)(F)F)c1. The number of carbonyl (C=O) groups is 1. The van der Waals surface area contributed by atoms with E-state index in [9.17, 15) is 23.1 Å². The van der Waals surface area contributed by atoms with Crippen LogP contribution in [0.3, 0.4) is 0 Å². The number of carbonyl (C=O) groups excluding carboxylic acids is 1. The number of nitrogens with zero attached hydrogens (tertiary/aromatic N) is 1. The lowest BCUT2D eigenvalue weighted by Crippen LogP contribution is -2.45. The summed E-state index contributed by atoms with van der Waals surface area (Å²) in [6.45, 7) is 2.32. The molecule has 3 rings (SSSR count). The van der Waals surface area contributed by atoms with Crippen molar-refractivity contribution in [3.05, 3.63) is 70.8 Å². The van der Waals surface area contributed by atoms with Gasteiger partial charge in [0.2, 0.25) is 5.91 Å². The molecule has 1 unspecified atom stereocenters. The Morgan fingerprint density at radius 2 is 2.00 bits per heavy atom. The van der Waals surface area contributed by atoms with E-state index < -0.39 is 23.9 Å². The monoisotopic (exact) mass is 392 g/mol. The Morgan fingerprint density at radius 3 is 2.71 bits per heavy atom. The summed E-state index contributed by atoms with van der Waals surface area (Å²) in [7, 11) is 0. The van der Waals surface area contributed by atoms with Crippen molar-refractivity contribution in [3.8, 4) is 0 Å². The van der Waals surface area contributed by atoms with Crippen LogP contribution in [0.25, 0.3) is 0 Å². The molecule has 0 aromatic heterocycles. The first-order chi connectivity index (χ1) is 13.3. The number of rotatable bonds is 5. The molecule has 1 amide bonds. The van der Waals surface area contributed by atoms with Gasteiger partial charge >= 0.3 is 6.18 Å². The zero-order valence-corrected chi connectivity index (χ0v) is 15.5. The quantitative estimate of drug-likeness (QED) is 0.822. The van der Waals surface area contributed by atoms with Gasteiger partial charge in [-0.2, -0.15) is 13.2 Å². The Balaban J connectivity index is 1.96. The number of halogens is 3. The second-order valence-electron chi connectivity index (χ2n) is 7.04. The molecule has 7 heteroatoms. The van der Waals surface area contributed by atoms with Crippen LogP contribution in [0.4, 0.5) is 13.2 Å². The van der Waals surface area contributed by atoms with Crippen molar-refractivity contribution in [2.45, 2.75) is 31.7 Å². The third kappa shape index (κ3) is 4.54. The van der Waals surface area contributed by atoms with E-state index in [1.54, 1.807) is 17.9 Å². The van der Waals surface area contributed by atoms with Crippen molar-refractivity contribution in [3.63, 3.8) is 0 Å². The van der Waals surface area contributed by atoms with E-state index in [0.29, 0.717) is 18.5 Å². The third-order valence-corrected chi connectivity index (χ3v) is 4.85. The number of alkyl halides is 3. The van der Waals surface area contributed by atoms with Crippen molar-refractivity contribution < 1.29 is 23.1 Å². The number of aliphatic hydroxyl groups excluding tert-OH is 1. The first kappa shape index (κ1) is 20.4. The number of hydrogen-bond acceptors (Lipinski definition) is 3. The second kappa shape index (κ2) is 8.32. The highest BCUT2D eigenvalue weighted by molar-refractivity contribution is 5.79. The molecule has 1 heterocycles. The first-order valence-electron chi connectivity index (χ1n) is 9.20. The molecule has 0 aliphatic carbocycles. The molecule has 0 spiro atoms. The van der Waals surface area contributed by atoms with Crippen LogP contribution in [0.15, 0.2) is 48.5 Å². The molecule has 1 aliphatic heterocycles. The van der Waals surface area contributed by atoms with Crippen LogP contribution in [0.2, 0.25) is 0 Å². The topological polar surface area (TPSA) is 52.6 Å². The molecule has 4 nitrogen and oxygen atoms in total. The van der Waals surface area contributed by atoms with Gasteiger partial charge in [-0.15, -0.1) is 0 Å². The first-order valence-corrected chi connectivity index (χ1v) is 9.20. The number of benzene rings is 2. The van der Waals surface area contributed by atoms with E-state index in [2.05, 4.69) is 5.32 Å². The fourth-order valence-electron chi connectivity index (χ4n) is 3.57. The molecule has 2 aromatic carbocycles. The Bertz CT molecular complexity index is 836. The highest BCUT2D eigenvalue weighted by Gasteiger charge is 2.35. The lowest BCUT2D eigenvalue weighted by molar-refractivity contribution is -0.137. The second-order valence-corrected chi connectivity index (χ2v) is 7.04. The van der Waals surface area contributed by atoms with Gasteiger partial charge in [-0.25, -0.2) is 0 Å². The van der Waals surface area contributed by atoms with Crippen LogP contribution < -0.4 is 5.32 Å². The lowest BCUT2D eigenvalue weighted by atomic mass is 9.87. The summed E-state index contributed by atoms with van der Waals surface area (Å²) in [6.07, 6.45) is -4.39. The van der Waals surface area contributed by atoms with E-state index >= 15 is 0 Å². The Kier molecular flexibility index (Phi) is 6.05. The molecule has 150 valence electrons. The van der Waals surface area contributed by atoms with Gasteiger partial charge < -0.3 is 15.3 Å². The summed E-state index contributed by atoms with van der Waals surface area (Å²) in [4.78, 5) is 14.4. The molecule has 2 N–H and O–H groups in total. The van der Waals surface area contributed by atoms with Crippen molar-refractivity contribution >= 4 is 5.91 Å². The maximum absolute atomic E-state index is 13.2. The van der Waals surface area contributed by atoms with Crippen molar-refractivity contribution in [2.75, 3.05) is 19.6 Å². The molecule has 1 aliphatic rings. The minimum atomic E-state index is -4.45. The summed E-state index contributed by atoms with van der Waals surface area (Å²) >= 11 is 0. The van der Waals surface area contributed by atoms with Gasteiger partial charge in [0.15, 0.2) is 0 Å². The van der Waals surface area contributed by atoms with Crippen LogP contribution >= 0.6 is 0 Å². The van der Waals surface area contributed by atoms with Crippen LogP contribution in [-0.2, 0) is 17.4 Å². The zero-order valence-electron chi connectivity index (χ0n) is 15.5. The van der Waals surface area contributed by atoms with Gasteiger partial charge in [0.25, 0.3) is 0 Å². The zero-order chi connectivity index (χ0) is 20.3. The Labute approximate surface area is 162 Å². The molecule has 0 fully saturated rings. The maximum Gasteiger partial charge on any atom is 0.416 e. The number of nitrogens with one attached hydrogen (secondary N) is 1. The van der Waals surface area contributed by atoms with Gasteiger partial charge in [0.05, 0.1) is 24.3 Å². The summed E-state index contributed by atoms with van der Waals surface area (Å²) in [5, 5.41) is 12.2. The normalized spacial score (nSPS) is 17.9. The van der Waals surface area contributed by atoms with Crippen molar-refractivity contribution in [2.24, 2.45) is 0 Å². The van der Waals surface area contributed by atoms with Crippen molar-refractivity contribution in [1.29, 1.82) is 0 Å². The van der Waals surface area contributed by atoms with Gasteiger partial charge in [-0.05, 0) is 42.2 Å². The number of amides is 1. The minimum absolute atomic E-state index is 0.0164. The molecule has 0 saturated heterocycles. The average molecular weight is 392 g/mol. The maximum atomic E-state index is 13.2. The number of fused-ring (bicyclic) bond motifs is 1. The standard InChI is InChI=1S/C21H23F3N2O2/c1-14(27)12-25-13-19(28)26-10-9-15-5-2-3-8-18(15)20(26)16-6-4-7-17(11-16)21(22,23)24/h2-8,11,14,20,25,27H,9-10,12-13H2,1H3/t14-,20?/m1/s1. The van der Waals surface area contributed by atoms with Gasteiger partial charge in [-0.3, -0.25) is 4.79 Å². The number of hydrogen-bond donors (Lipinski definition) is 2. The Hall–Kier alpha value is -2.38. The highest BCUT2D eigenvalue weighted by atomic mass is 19.4. The average Bonchev–Trinajstić information content (AvgIpc) is 2.66. The molecular formula is C21H23F3N2O2. The summed E-state index contributed by atoms with van der Waals surface area (Å²) < 4.78 is 39.6. The van der Waals surface area contributed by atoms with Gasteiger partial charge in [0.1, 0.15) is 0 Å². The molecule has 2 aromatic rings. The van der Waals surface area contributed by atoms with E-state index in [0.717, 1.165) is 23.3 Å². The molecule has 28 heavy (non-hydrogen) atoms. The largest absolute Gasteiger partial charge is 0.416 e. The Morgan fingerprint density at radius 1 is 1.25 bits per heavy atom. The summed E-state index contributed by atoms with van der Waals surface area (Å²) in [5.74, 6) is -0.211. The predicted molar refractivity (Wildman–Crippen MR) is 99.7 cm³/mol. The summed E-state index contributed by atoms with van der Waals surface area (Å²) in [5.41, 5.74) is 1.58. The fourth-order valence-corrected chi connectivity index (χ4v) is 3.57. The van der Waals surface area contributed by atoms with Crippen LogP contribution in [0.5, 0.6) is 0 Å². The van der Waals surface area contributed by atoms with Gasteiger partial charge in [-0.1, -0.05) is 36.4 Å². The van der Waals surface area contributed by atoms with Gasteiger partial charge in [0, 0.05) is 13.1 Å². The molecule has 0 saturated carbocycles. The molecule has 2 atom stereocenters. The molecular weight excluding hydrogens is 369 g/mol.